The molecule has 0 unspecified atom stereocenters. The van der Waals surface area contributed by atoms with E-state index in [9.17, 15) is 9.59 Å². The molecule has 1 aliphatic heterocycles. The van der Waals surface area contributed by atoms with Crippen molar-refractivity contribution in [3.63, 3.8) is 0 Å². The molecule has 198 valence electrons. The van der Waals surface area contributed by atoms with Crippen LogP contribution in [0.5, 0.6) is 17.2 Å². The summed E-state index contributed by atoms with van der Waals surface area (Å²) in [5.74, 6) is 3.03. The Morgan fingerprint density at radius 2 is 1.71 bits per heavy atom. The predicted molar refractivity (Wildman–Crippen MR) is 142 cm³/mol. The molecule has 1 saturated heterocycles. The van der Waals surface area contributed by atoms with Gasteiger partial charge in [-0.15, -0.1) is 0 Å². The van der Waals surface area contributed by atoms with Crippen molar-refractivity contribution in [2.24, 2.45) is 0 Å². The normalized spacial score (nSPS) is 14.0. The van der Waals surface area contributed by atoms with E-state index in [2.05, 4.69) is 19.7 Å². The van der Waals surface area contributed by atoms with E-state index in [1.165, 1.54) is 0 Å². The van der Waals surface area contributed by atoms with E-state index < -0.39 is 0 Å². The lowest BCUT2D eigenvalue weighted by Gasteiger charge is -2.32. The summed E-state index contributed by atoms with van der Waals surface area (Å²) in [6.07, 6.45) is 5.58. The van der Waals surface area contributed by atoms with Crippen LogP contribution in [-0.2, 0) is 17.8 Å². The van der Waals surface area contributed by atoms with Crippen LogP contribution in [0.3, 0.4) is 0 Å². The molecule has 1 N–H and O–H groups in total. The fourth-order valence-electron chi connectivity index (χ4n) is 5.19. The molecule has 10 heteroatoms. The number of aromatic amines is 1. The second-order valence-electron chi connectivity index (χ2n) is 9.32. The van der Waals surface area contributed by atoms with Crippen molar-refractivity contribution in [1.29, 1.82) is 0 Å². The number of hydrogen-bond acceptors (Lipinski definition) is 7. The largest absolute Gasteiger partial charge is 0.493 e. The lowest BCUT2D eigenvalue weighted by Crippen LogP contribution is -2.39. The maximum atomic E-state index is 13.1. The average molecular weight is 518 g/mol. The zero-order chi connectivity index (χ0) is 26.6. The van der Waals surface area contributed by atoms with Crippen LogP contribution in [0.15, 0.2) is 53.6 Å². The topological polar surface area (TPSA) is 112 Å². The molecule has 0 bridgehead atoms. The first-order valence-electron chi connectivity index (χ1n) is 12.6. The van der Waals surface area contributed by atoms with Gasteiger partial charge in [0.1, 0.15) is 5.82 Å². The van der Waals surface area contributed by atoms with Crippen LogP contribution >= 0.6 is 0 Å². The molecule has 0 spiro atoms. The number of aromatic nitrogens is 4. The quantitative estimate of drug-likeness (QED) is 0.382. The minimum absolute atomic E-state index is 0.00826. The second kappa shape index (κ2) is 11.0. The van der Waals surface area contributed by atoms with Gasteiger partial charge in [-0.3, -0.25) is 9.59 Å². The number of likely N-dealkylation sites (tertiary alicyclic amines) is 1. The summed E-state index contributed by atoms with van der Waals surface area (Å²) >= 11 is 0. The number of benzene rings is 2. The summed E-state index contributed by atoms with van der Waals surface area (Å²) in [5.41, 5.74) is 1.35. The number of nitrogens with zero attached hydrogens (tertiary/aromatic N) is 4. The zero-order valence-electron chi connectivity index (χ0n) is 21.8. The Bertz CT molecular complexity index is 1480. The lowest BCUT2D eigenvalue weighted by atomic mass is 9.95. The number of carbonyl (C=O) groups excluding carboxylic acids is 1. The molecule has 3 heterocycles. The molecular weight excluding hydrogens is 486 g/mol. The molecule has 38 heavy (non-hydrogen) atoms. The van der Waals surface area contributed by atoms with Crippen molar-refractivity contribution >= 4 is 16.7 Å². The molecular formula is C28H31N5O5. The molecule has 0 aliphatic carbocycles. The van der Waals surface area contributed by atoms with Gasteiger partial charge in [-0.2, -0.15) is 5.10 Å². The number of rotatable bonds is 8. The summed E-state index contributed by atoms with van der Waals surface area (Å²) in [4.78, 5) is 31.7. The molecule has 1 amide bonds. The molecule has 5 rings (SSSR count). The van der Waals surface area contributed by atoms with E-state index >= 15 is 0 Å². The maximum absolute atomic E-state index is 13.1. The van der Waals surface area contributed by atoms with Crippen LogP contribution in [0.4, 0.5) is 0 Å². The molecule has 4 aromatic rings. The number of H-pyrrole nitrogens is 1. The van der Waals surface area contributed by atoms with E-state index in [-0.39, 0.29) is 23.8 Å². The number of hydrogen-bond donors (Lipinski definition) is 1. The molecule has 0 radical (unpaired) electrons. The molecule has 0 atom stereocenters. The number of carbonyl (C=O) groups is 1. The van der Waals surface area contributed by atoms with Crippen LogP contribution < -0.4 is 19.8 Å². The van der Waals surface area contributed by atoms with Gasteiger partial charge in [0.05, 0.1) is 38.8 Å². The SMILES string of the molecule is COc1cc(Cn2ccnc2C2CCN(C(=O)Cc3n[nH]c(=O)c4ccccc34)CC2)cc(OC)c1OC. The highest BCUT2D eigenvalue weighted by molar-refractivity contribution is 5.88. The molecule has 10 nitrogen and oxygen atoms in total. The number of ether oxygens (including phenoxy) is 3. The third-order valence-electron chi connectivity index (χ3n) is 7.13. The summed E-state index contributed by atoms with van der Waals surface area (Å²) in [6.45, 7) is 1.89. The number of fused-ring (bicyclic) bond motifs is 1. The van der Waals surface area contributed by atoms with Crippen LogP contribution in [0.1, 0.15) is 35.8 Å². The standard InChI is InChI=1S/C28H31N5O5/c1-36-23-14-18(15-24(37-2)26(23)38-3)17-33-13-10-29-27(33)19-8-11-32(12-9-19)25(34)16-22-20-6-4-5-7-21(20)28(35)31-30-22/h4-7,10,13-15,19H,8-9,11-12,16-17H2,1-3H3,(H,31,35). The summed E-state index contributed by atoms with van der Waals surface area (Å²) in [5, 5.41) is 7.93. The first-order chi connectivity index (χ1) is 18.5. The number of methoxy groups -OCH3 is 3. The van der Waals surface area contributed by atoms with E-state index in [1.54, 1.807) is 33.5 Å². The van der Waals surface area contributed by atoms with Crippen molar-refractivity contribution in [2.45, 2.75) is 31.7 Å². The van der Waals surface area contributed by atoms with Gasteiger partial charge < -0.3 is 23.7 Å². The monoisotopic (exact) mass is 517 g/mol. The zero-order valence-corrected chi connectivity index (χ0v) is 21.8. The van der Waals surface area contributed by atoms with Crippen molar-refractivity contribution in [3.05, 3.63) is 76.2 Å². The van der Waals surface area contributed by atoms with Gasteiger partial charge >= 0.3 is 0 Å². The first kappa shape index (κ1) is 25.3. The minimum Gasteiger partial charge on any atom is -0.493 e. The second-order valence-corrected chi connectivity index (χ2v) is 9.32. The fourth-order valence-corrected chi connectivity index (χ4v) is 5.19. The van der Waals surface area contributed by atoms with Gasteiger partial charge in [-0.1, -0.05) is 18.2 Å². The third-order valence-corrected chi connectivity index (χ3v) is 7.13. The summed E-state index contributed by atoms with van der Waals surface area (Å²) in [7, 11) is 4.80. The van der Waals surface area contributed by atoms with Crippen molar-refractivity contribution in [3.8, 4) is 17.2 Å². The van der Waals surface area contributed by atoms with Crippen molar-refractivity contribution in [1.82, 2.24) is 24.6 Å². The van der Waals surface area contributed by atoms with E-state index in [0.717, 1.165) is 24.2 Å². The summed E-state index contributed by atoms with van der Waals surface area (Å²) < 4.78 is 18.6. The Balaban J connectivity index is 1.26. The Labute approximate surface area is 220 Å². The van der Waals surface area contributed by atoms with Crippen LogP contribution in [0.2, 0.25) is 0 Å². The van der Waals surface area contributed by atoms with Gasteiger partial charge in [0.25, 0.3) is 5.56 Å². The number of amides is 1. The maximum Gasteiger partial charge on any atom is 0.272 e. The molecule has 0 saturated carbocycles. The Morgan fingerprint density at radius 1 is 1.03 bits per heavy atom. The van der Waals surface area contributed by atoms with Crippen LogP contribution in [0, 0.1) is 0 Å². The third kappa shape index (κ3) is 4.93. The summed E-state index contributed by atoms with van der Waals surface area (Å²) in [6, 6.07) is 11.1. The molecule has 1 fully saturated rings. The van der Waals surface area contributed by atoms with E-state index in [1.807, 2.05) is 41.6 Å². The van der Waals surface area contributed by atoms with Gasteiger partial charge in [0, 0.05) is 43.3 Å². The van der Waals surface area contributed by atoms with E-state index in [4.69, 9.17) is 14.2 Å². The highest BCUT2D eigenvalue weighted by Gasteiger charge is 2.27. The smallest absolute Gasteiger partial charge is 0.272 e. The highest BCUT2D eigenvalue weighted by atomic mass is 16.5. The lowest BCUT2D eigenvalue weighted by molar-refractivity contribution is -0.131. The van der Waals surface area contributed by atoms with Crippen LogP contribution in [-0.4, -0.2) is 65.0 Å². The minimum atomic E-state index is -0.250. The molecule has 2 aromatic carbocycles. The Morgan fingerprint density at radius 3 is 2.37 bits per heavy atom. The Hall–Kier alpha value is -4.34. The van der Waals surface area contributed by atoms with Gasteiger partial charge in [0.15, 0.2) is 11.5 Å². The van der Waals surface area contributed by atoms with Gasteiger partial charge in [-0.05, 0) is 36.6 Å². The van der Waals surface area contributed by atoms with Gasteiger partial charge in [-0.25, -0.2) is 10.1 Å². The predicted octanol–water partition coefficient (Wildman–Crippen LogP) is 3.14. The van der Waals surface area contributed by atoms with E-state index in [0.29, 0.717) is 53.3 Å². The Kier molecular flexibility index (Phi) is 7.30. The average Bonchev–Trinajstić information content (AvgIpc) is 3.42. The van der Waals surface area contributed by atoms with Crippen molar-refractivity contribution < 1.29 is 19.0 Å². The molecule has 1 aliphatic rings. The number of piperidine rings is 1. The number of nitrogens with one attached hydrogen (secondary N) is 1. The number of imidazole rings is 1. The molecule has 2 aromatic heterocycles. The fraction of sp³-hybridized carbons (Fsp3) is 0.357. The highest BCUT2D eigenvalue weighted by Crippen LogP contribution is 2.38. The van der Waals surface area contributed by atoms with Crippen LogP contribution in [0.25, 0.3) is 10.8 Å². The first-order valence-corrected chi connectivity index (χ1v) is 12.6. The van der Waals surface area contributed by atoms with Gasteiger partial charge in [0.2, 0.25) is 11.7 Å². The van der Waals surface area contributed by atoms with Crippen molar-refractivity contribution in [2.75, 3.05) is 34.4 Å².